The van der Waals surface area contributed by atoms with Crippen LogP contribution in [0.25, 0.3) is 0 Å². The van der Waals surface area contributed by atoms with Crippen LogP contribution in [0.15, 0.2) is 17.1 Å². The molecule has 1 heterocycles. The van der Waals surface area contributed by atoms with E-state index in [9.17, 15) is 4.79 Å². The molecule has 0 aliphatic rings. The van der Waals surface area contributed by atoms with E-state index in [1.807, 2.05) is 0 Å². The van der Waals surface area contributed by atoms with Crippen LogP contribution in [-0.2, 0) is 0 Å². The van der Waals surface area contributed by atoms with E-state index in [1.54, 1.807) is 11.9 Å². The van der Waals surface area contributed by atoms with Crippen molar-refractivity contribution in [3.8, 4) is 0 Å². The number of carbonyl (C=O) groups is 1. The van der Waals surface area contributed by atoms with Crippen LogP contribution in [0.2, 0.25) is 0 Å². The first-order valence-electron chi connectivity index (χ1n) is 4.78. The summed E-state index contributed by atoms with van der Waals surface area (Å²) in [6.45, 7) is 4.98. The second-order valence-corrected chi connectivity index (χ2v) is 3.57. The van der Waals surface area contributed by atoms with E-state index in [-0.39, 0.29) is 5.91 Å². The van der Waals surface area contributed by atoms with E-state index in [1.165, 1.54) is 12.7 Å². The molecule has 0 spiro atoms. The van der Waals surface area contributed by atoms with Gasteiger partial charge in [-0.05, 0) is 5.92 Å². The van der Waals surface area contributed by atoms with E-state index in [0.29, 0.717) is 11.6 Å². The fraction of sp³-hybridized carbons (Fsp3) is 0.600. The fourth-order valence-electron chi connectivity index (χ4n) is 1.19. The highest BCUT2D eigenvalue weighted by molar-refractivity contribution is 5.91. The van der Waals surface area contributed by atoms with Crippen molar-refractivity contribution in [2.75, 3.05) is 13.6 Å². The average molecular weight is 196 g/mol. The largest absolute Gasteiger partial charge is 0.451 e. The summed E-state index contributed by atoms with van der Waals surface area (Å²) in [5, 5.41) is 0. The molecule has 0 radical (unpaired) electrons. The molecule has 0 aliphatic heterocycles. The summed E-state index contributed by atoms with van der Waals surface area (Å²) in [6.07, 6.45) is 3.70. The zero-order valence-corrected chi connectivity index (χ0v) is 8.86. The zero-order valence-electron chi connectivity index (χ0n) is 8.86. The molecule has 0 fully saturated rings. The number of carbonyl (C=O) groups excluding carboxylic acids is 1. The van der Waals surface area contributed by atoms with Gasteiger partial charge in [0.05, 0.1) is 0 Å². The highest BCUT2D eigenvalue weighted by Gasteiger charge is 2.15. The lowest BCUT2D eigenvalue weighted by Gasteiger charge is -2.19. The molecule has 1 rings (SSSR count). The molecule has 0 N–H and O–H groups in total. The van der Waals surface area contributed by atoms with Crippen LogP contribution in [-0.4, -0.2) is 29.4 Å². The Kier molecular flexibility index (Phi) is 3.68. The Balaban J connectivity index is 2.53. The van der Waals surface area contributed by atoms with Crippen LogP contribution in [0.4, 0.5) is 0 Å². The van der Waals surface area contributed by atoms with Crippen molar-refractivity contribution in [1.82, 2.24) is 9.88 Å². The Morgan fingerprint density at radius 1 is 1.71 bits per heavy atom. The SMILES string of the molecule is CCC(C)CN(C)C(=O)c1cocn1. The minimum atomic E-state index is -0.0842. The fourth-order valence-corrected chi connectivity index (χ4v) is 1.19. The van der Waals surface area contributed by atoms with Gasteiger partial charge in [-0.3, -0.25) is 4.79 Å². The highest BCUT2D eigenvalue weighted by atomic mass is 16.3. The average Bonchev–Trinajstić information content (AvgIpc) is 2.69. The van der Waals surface area contributed by atoms with Gasteiger partial charge < -0.3 is 9.32 Å². The van der Waals surface area contributed by atoms with Crippen molar-refractivity contribution in [1.29, 1.82) is 0 Å². The van der Waals surface area contributed by atoms with Crippen LogP contribution in [0, 0.1) is 5.92 Å². The van der Waals surface area contributed by atoms with Gasteiger partial charge in [-0.15, -0.1) is 0 Å². The molecule has 1 atom stereocenters. The van der Waals surface area contributed by atoms with Crippen LogP contribution in [0.1, 0.15) is 30.8 Å². The van der Waals surface area contributed by atoms with E-state index < -0.39 is 0 Å². The number of amides is 1. The van der Waals surface area contributed by atoms with Crippen LogP contribution >= 0.6 is 0 Å². The molecule has 0 aliphatic carbocycles. The molecular formula is C10H16N2O2. The van der Waals surface area contributed by atoms with Crippen molar-refractivity contribution in [3.05, 3.63) is 18.4 Å². The number of nitrogens with zero attached hydrogens (tertiary/aromatic N) is 2. The molecule has 1 amide bonds. The first-order valence-corrected chi connectivity index (χ1v) is 4.78. The summed E-state index contributed by atoms with van der Waals surface area (Å²) < 4.78 is 4.76. The standard InChI is InChI=1S/C10H16N2O2/c1-4-8(2)5-12(3)10(13)9-6-14-7-11-9/h6-8H,4-5H2,1-3H3. The van der Waals surface area contributed by atoms with Crippen molar-refractivity contribution < 1.29 is 9.21 Å². The van der Waals surface area contributed by atoms with Crippen molar-refractivity contribution in [2.45, 2.75) is 20.3 Å². The van der Waals surface area contributed by atoms with Crippen LogP contribution in [0.5, 0.6) is 0 Å². The van der Waals surface area contributed by atoms with Crippen molar-refractivity contribution in [2.24, 2.45) is 5.92 Å². The van der Waals surface area contributed by atoms with Crippen molar-refractivity contribution in [3.63, 3.8) is 0 Å². The highest BCUT2D eigenvalue weighted by Crippen LogP contribution is 2.06. The van der Waals surface area contributed by atoms with Gasteiger partial charge in [0.15, 0.2) is 12.1 Å². The number of rotatable bonds is 4. The summed E-state index contributed by atoms with van der Waals surface area (Å²) in [5.41, 5.74) is 0.371. The molecule has 0 saturated heterocycles. The summed E-state index contributed by atoms with van der Waals surface area (Å²) >= 11 is 0. The number of hydrogen-bond acceptors (Lipinski definition) is 3. The molecule has 78 valence electrons. The first-order chi connectivity index (χ1) is 6.65. The van der Waals surface area contributed by atoms with Gasteiger partial charge in [0, 0.05) is 13.6 Å². The Morgan fingerprint density at radius 3 is 2.93 bits per heavy atom. The maximum Gasteiger partial charge on any atom is 0.275 e. The number of aromatic nitrogens is 1. The van der Waals surface area contributed by atoms with Gasteiger partial charge in [0.2, 0.25) is 0 Å². The topological polar surface area (TPSA) is 46.3 Å². The molecular weight excluding hydrogens is 180 g/mol. The minimum absolute atomic E-state index is 0.0842. The van der Waals surface area contributed by atoms with Gasteiger partial charge >= 0.3 is 0 Å². The molecule has 4 heteroatoms. The molecule has 4 nitrogen and oxygen atoms in total. The number of oxazole rings is 1. The quantitative estimate of drug-likeness (QED) is 0.737. The second kappa shape index (κ2) is 4.79. The zero-order chi connectivity index (χ0) is 10.6. The summed E-state index contributed by atoms with van der Waals surface area (Å²) in [4.78, 5) is 17.1. The van der Waals surface area contributed by atoms with Crippen molar-refractivity contribution >= 4 is 5.91 Å². The third-order valence-corrected chi connectivity index (χ3v) is 2.28. The molecule has 0 aromatic carbocycles. The van der Waals surface area contributed by atoms with E-state index in [0.717, 1.165) is 13.0 Å². The normalized spacial score (nSPS) is 12.5. The first kappa shape index (κ1) is 10.8. The molecule has 14 heavy (non-hydrogen) atoms. The lowest BCUT2D eigenvalue weighted by atomic mass is 10.1. The maximum absolute atomic E-state index is 11.7. The smallest absolute Gasteiger partial charge is 0.275 e. The summed E-state index contributed by atoms with van der Waals surface area (Å²) in [6, 6.07) is 0. The van der Waals surface area contributed by atoms with Gasteiger partial charge in [0.1, 0.15) is 6.26 Å². The Hall–Kier alpha value is -1.32. The Morgan fingerprint density at radius 2 is 2.43 bits per heavy atom. The van der Waals surface area contributed by atoms with Gasteiger partial charge in [-0.1, -0.05) is 20.3 Å². The Labute approximate surface area is 83.9 Å². The summed E-state index contributed by atoms with van der Waals surface area (Å²) in [5.74, 6) is 0.426. The van der Waals surface area contributed by atoms with Crippen LogP contribution < -0.4 is 0 Å². The van der Waals surface area contributed by atoms with E-state index in [2.05, 4.69) is 18.8 Å². The Bertz CT molecular complexity index is 282. The van der Waals surface area contributed by atoms with Gasteiger partial charge in [-0.2, -0.15) is 0 Å². The molecule has 1 aromatic heterocycles. The van der Waals surface area contributed by atoms with Gasteiger partial charge in [-0.25, -0.2) is 4.98 Å². The number of hydrogen-bond donors (Lipinski definition) is 0. The molecule has 1 unspecified atom stereocenters. The van der Waals surface area contributed by atoms with E-state index >= 15 is 0 Å². The monoisotopic (exact) mass is 196 g/mol. The minimum Gasteiger partial charge on any atom is -0.451 e. The summed E-state index contributed by atoms with van der Waals surface area (Å²) in [7, 11) is 1.78. The van der Waals surface area contributed by atoms with Gasteiger partial charge in [0.25, 0.3) is 5.91 Å². The second-order valence-electron chi connectivity index (χ2n) is 3.57. The third kappa shape index (κ3) is 2.58. The lowest BCUT2D eigenvalue weighted by Crippen LogP contribution is -2.31. The molecule has 0 bridgehead atoms. The predicted molar refractivity (Wildman–Crippen MR) is 52.9 cm³/mol. The van der Waals surface area contributed by atoms with Crippen LogP contribution in [0.3, 0.4) is 0 Å². The lowest BCUT2D eigenvalue weighted by molar-refractivity contribution is 0.0769. The predicted octanol–water partition coefficient (Wildman–Crippen LogP) is 1.79. The third-order valence-electron chi connectivity index (χ3n) is 2.28. The van der Waals surface area contributed by atoms with E-state index in [4.69, 9.17) is 4.42 Å². The molecule has 1 aromatic rings. The maximum atomic E-state index is 11.7. The molecule has 0 saturated carbocycles.